The fourth-order valence-corrected chi connectivity index (χ4v) is 1.10. The molecule has 1 saturated heterocycles. The van der Waals surface area contributed by atoms with Gasteiger partial charge in [0.25, 0.3) is 11.8 Å². The summed E-state index contributed by atoms with van der Waals surface area (Å²) in [5, 5.41) is 0. The second kappa shape index (κ2) is 12.8. The van der Waals surface area contributed by atoms with Gasteiger partial charge in [0.05, 0.1) is 0 Å². The largest absolute Gasteiger partial charge is 0.333 e. The van der Waals surface area contributed by atoms with E-state index in [9.17, 15) is 14.4 Å². The number of rotatable bonds is 0. The molecule has 0 spiro atoms. The standard InChI is InChI=1S/C8H10N2O3.6CH4/c1-4-5-6(11)9(2)8(13)10(3)7(5)12;;;;;;/h4H,1-3H3;6*1H4. The lowest BCUT2D eigenvalue weighted by Crippen LogP contribution is -2.52. The molecule has 0 aliphatic carbocycles. The molecule has 1 heterocycles. The van der Waals surface area contributed by atoms with Crippen LogP contribution in [0.4, 0.5) is 4.79 Å². The zero-order chi connectivity index (χ0) is 10.2. The van der Waals surface area contributed by atoms with E-state index in [2.05, 4.69) is 0 Å². The first-order chi connectivity index (χ1) is 6.00. The van der Waals surface area contributed by atoms with Crippen molar-refractivity contribution in [1.29, 1.82) is 0 Å². The molecule has 1 aliphatic heterocycles. The first-order valence-corrected chi connectivity index (χ1v) is 3.77. The van der Waals surface area contributed by atoms with Crippen molar-refractivity contribution in [3.05, 3.63) is 11.6 Å². The van der Waals surface area contributed by atoms with E-state index in [0.717, 1.165) is 9.80 Å². The normalized spacial score (nSPS) is 12.6. The van der Waals surface area contributed by atoms with Crippen molar-refractivity contribution in [1.82, 2.24) is 9.80 Å². The SMILES string of the molecule is C.C.C.C.C.C.CC=C1C(=O)N(C)C(=O)N(C)C1=O. The minimum atomic E-state index is -0.597. The fourth-order valence-electron chi connectivity index (χ4n) is 1.10. The minimum Gasteiger partial charge on any atom is -0.268 e. The van der Waals surface area contributed by atoms with E-state index in [-0.39, 0.29) is 50.1 Å². The Kier molecular flexibility index (Phi) is 24.3. The van der Waals surface area contributed by atoms with E-state index in [0.29, 0.717) is 0 Å². The molecule has 0 bridgehead atoms. The molecule has 1 aliphatic rings. The van der Waals surface area contributed by atoms with Gasteiger partial charge in [-0.2, -0.15) is 0 Å². The van der Waals surface area contributed by atoms with Crippen LogP contribution in [-0.4, -0.2) is 41.7 Å². The van der Waals surface area contributed by atoms with Gasteiger partial charge in [0.15, 0.2) is 0 Å². The summed E-state index contributed by atoms with van der Waals surface area (Å²) in [5.41, 5.74) is 0.0320. The maximum atomic E-state index is 11.3. The van der Waals surface area contributed by atoms with E-state index in [4.69, 9.17) is 0 Å². The van der Waals surface area contributed by atoms with Crippen LogP contribution in [0.2, 0.25) is 0 Å². The van der Waals surface area contributed by atoms with Gasteiger partial charge in [0, 0.05) is 14.1 Å². The molecule has 0 saturated carbocycles. The Labute approximate surface area is 120 Å². The average molecular weight is 278 g/mol. The van der Waals surface area contributed by atoms with Crippen LogP contribution in [0.25, 0.3) is 0 Å². The van der Waals surface area contributed by atoms with Crippen molar-refractivity contribution < 1.29 is 14.4 Å². The van der Waals surface area contributed by atoms with E-state index < -0.39 is 17.8 Å². The quantitative estimate of drug-likeness (QED) is 0.500. The molecule has 4 amide bonds. The van der Waals surface area contributed by atoms with Crippen LogP contribution in [0.15, 0.2) is 11.6 Å². The molecule has 0 aromatic rings. The Balaban J connectivity index is -0.0000000704. The number of carbonyl (C=O) groups is 3. The molecule has 5 heteroatoms. The maximum Gasteiger partial charge on any atom is 0.333 e. The summed E-state index contributed by atoms with van der Waals surface area (Å²) in [5.74, 6) is -1.09. The van der Waals surface area contributed by atoms with Gasteiger partial charge in [-0.05, 0) is 6.92 Å². The number of barbiturate groups is 1. The highest BCUT2D eigenvalue weighted by molar-refractivity contribution is 6.28. The minimum absolute atomic E-state index is 0. The molecule has 1 fully saturated rings. The Morgan fingerprint density at radius 2 is 1.00 bits per heavy atom. The fraction of sp³-hybridized carbons (Fsp3) is 0.643. The zero-order valence-corrected chi connectivity index (χ0v) is 7.70. The second-order valence-corrected chi connectivity index (χ2v) is 2.71. The molecule has 0 radical (unpaired) electrons. The van der Waals surface area contributed by atoms with Crippen LogP contribution in [0, 0.1) is 0 Å². The number of carbonyl (C=O) groups excluding carboxylic acids is 3. The van der Waals surface area contributed by atoms with E-state index >= 15 is 0 Å². The molecule has 0 unspecified atom stereocenters. The maximum absolute atomic E-state index is 11.3. The Morgan fingerprint density at radius 1 is 0.737 bits per heavy atom. The molecule has 118 valence electrons. The molecule has 0 aromatic heterocycles. The monoisotopic (exact) mass is 278 g/mol. The Bertz CT molecular complexity index is 297. The van der Waals surface area contributed by atoms with Crippen molar-refractivity contribution in [3.8, 4) is 0 Å². The third-order valence-electron chi connectivity index (χ3n) is 1.93. The second-order valence-electron chi connectivity index (χ2n) is 2.71. The van der Waals surface area contributed by atoms with Crippen LogP contribution in [-0.2, 0) is 9.59 Å². The molecule has 19 heavy (non-hydrogen) atoms. The molecule has 0 N–H and O–H groups in total. The number of allylic oxidation sites excluding steroid dienone is 1. The summed E-state index contributed by atoms with van der Waals surface area (Å²) in [7, 11) is 2.69. The molecular weight excluding hydrogens is 244 g/mol. The van der Waals surface area contributed by atoms with Crippen molar-refractivity contribution in [3.63, 3.8) is 0 Å². The van der Waals surface area contributed by atoms with Crippen molar-refractivity contribution in [2.24, 2.45) is 0 Å². The summed E-state index contributed by atoms with van der Waals surface area (Å²) in [6.45, 7) is 1.59. The third-order valence-corrected chi connectivity index (χ3v) is 1.93. The van der Waals surface area contributed by atoms with E-state index in [1.54, 1.807) is 6.92 Å². The van der Waals surface area contributed by atoms with Crippen molar-refractivity contribution in [2.45, 2.75) is 51.5 Å². The van der Waals surface area contributed by atoms with Crippen LogP contribution < -0.4 is 0 Å². The van der Waals surface area contributed by atoms with Gasteiger partial charge in [0.1, 0.15) is 5.57 Å². The number of likely N-dealkylation sites (N-methyl/N-ethyl adjacent to an activating group) is 2. The Hall–Kier alpha value is -1.65. The summed E-state index contributed by atoms with van der Waals surface area (Å²) < 4.78 is 0. The Morgan fingerprint density at radius 3 is 1.21 bits per heavy atom. The highest BCUT2D eigenvalue weighted by Gasteiger charge is 2.37. The first kappa shape index (κ1) is 36.0. The van der Waals surface area contributed by atoms with Crippen LogP contribution >= 0.6 is 0 Å². The van der Waals surface area contributed by atoms with Gasteiger partial charge >= 0.3 is 6.03 Å². The highest BCUT2D eigenvalue weighted by atomic mass is 16.2. The summed E-state index contributed by atoms with van der Waals surface area (Å²) in [4.78, 5) is 35.6. The number of urea groups is 1. The highest BCUT2D eigenvalue weighted by Crippen LogP contribution is 2.13. The predicted octanol–water partition coefficient (Wildman–Crippen LogP) is 3.80. The average Bonchev–Trinajstić information content (AvgIpc) is 2.13. The van der Waals surface area contributed by atoms with E-state index in [1.807, 2.05) is 0 Å². The molecular formula is C14H34N2O3. The number of amides is 4. The molecule has 0 aromatic carbocycles. The topological polar surface area (TPSA) is 57.7 Å². The van der Waals surface area contributed by atoms with Gasteiger partial charge in [-0.1, -0.05) is 50.6 Å². The van der Waals surface area contributed by atoms with Crippen molar-refractivity contribution >= 4 is 17.8 Å². The predicted molar refractivity (Wildman–Crippen MR) is 85.1 cm³/mol. The number of hydrogen-bond acceptors (Lipinski definition) is 3. The van der Waals surface area contributed by atoms with Crippen LogP contribution in [0.1, 0.15) is 51.5 Å². The van der Waals surface area contributed by atoms with Gasteiger partial charge in [-0.25, -0.2) is 4.79 Å². The summed E-state index contributed by atoms with van der Waals surface area (Å²) >= 11 is 0. The van der Waals surface area contributed by atoms with Crippen molar-refractivity contribution in [2.75, 3.05) is 14.1 Å². The third kappa shape index (κ3) is 5.68. The zero-order valence-electron chi connectivity index (χ0n) is 7.70. The van der Waals surface area contributed by atoms with Gasteiger partial charge in [-0.15, -0.1) is 0 Å². The smallest absolute Gasteiger partial charge is 0.268 e. The van der Waals surface area contributed by atoms with Crippen LogP contribution in [0.3, 0.4) is 0 Å². The number of nitrogens with zero attached hydrogens (tertiary/aromatic N) is 2. The lowest BCUT2D eigenvalue weighted by atomic mass is 10.1. The van der Waals surface area contributed by atoms with Gasteiger partial charge in [0.2, 0.25) is 0 Å². The van der Waals surface area contributed by atoms with Gasteiger partial charge < -0.3 is 0 Å². The van der Waals surface area contributed by atoms with Crippen LogP contribution in [0.5, 0.6) is 0 Å². The first-order valence-electron chi connectivity index (χ1n) is 3.77. The van der Waals surface area contributed by atoms with Gasteiger partial charge in [-0.3, -0.25) is 19.4 Å². The molecule has 1 rings (SSSR count). The molecule has 5 nitrogen and oxygen atoms in total. The lowest BCUT2D eigenvalue weighted by molar-refractivity contribution is -0.134. The number of imide groups is 2. The number of hydrogen-bond donors (Lipinski definition) is 0. The van der Waals surface area contributed by atoms with E-state index in [1.165, 1.54) is 20.2 Å². The molecule has 0 atom stereocenters. The summed E-state index contributed by atoms with van der Waals surface area (Å²) in [6.07, 6.45) is 1.41. The lowest BCUT2D eigenvalue weighted by Gasteiger charge is -2.28. The summed E-state index contributed by atoms with van der Waals surface area (Å²) in [6, 6.07) is -0.597.